The molecule has 4 rings (SSSR count). The van der Waals surface area contributed by atoms with Crippen molar-refractivity contribution in [1.82, 2.24) is 9.80 Å². The number of benzene rings is 3. The Kier molecular flexibility index (Phi) is 13.8. The van der Waals surface area contributed by atoms with Crippen LogP contribution in [0, 0.1) is 5.92 Å². The van der Waals surface area contributed by atoms with Crippen molar-refractivity contribution in [3.8, 4) is 11.5 Å². The zero-order valence-corrected chi connectivity index (χ0v) is 29.1. The first-order valence-electron chi connectivity index (χ1n) is 17.0. The molecule has 49 heavy (non-hydrogen) atoms. The lowest BCUT2D eigenvalue weighted by Crippen LogP contribution is -2.47. The number of nitrogens with two attached hydrogens (primary N) is 1. The molecule has 1 aliphatic rings. The Balaban J connectivity index is 1.36. The Labute approximate surface area is 289 Å². The SMILES string of the molecule is COc1ccc(CN(C)C[C@H]2Oc3ccc(NC(=O)CCCCCC(=O)Nc4ccccc4N)cc3CC(=O)N([C@H](C)CO)C[C@H]2C)cc1. The van der Waals surface area contributed by atoms with E-state index in [1.54, 1.807) is 36.3 Å². The molecule has 11 nitrogen and oxygen atoms in total. The maximum Gasteiger partial charge on any atom is 0.227 e. The quantitative estimate of drug-likeness (QED) is 0.129. The molecule has 5 N–H and O–H groups in total. The van der Waals surface area contributed by atoms with Crippen molar-refractivity contribution in [2.75, 3.05) is 50.2 Å². The van der Waals surface area contributed by atoms with E-state index in [0.29, 0.717) is 73.7 Å². The highest BCUT2D eigenvalue weighted by Gasteiger charge is 2.31. The van der Waals surface area contributed by atoms with E-state index in [1.807, 2.05) is 56.4 Å². The second-order valence-corrected chi connectivity index (χ2v) is 13.0. The summed E-state index contributed by atoms with van der Waals surface area (Å²) >= 11 is 0. The summed E-state index contributed by atoms with van der Waals surface area (Å²) in [5.74, 6) is 1.04. The standard InChI is InChI=1S/C38H51N5O6/c1-26-22-43(27(2)25-44)38(47)21-29-20-30(40-36(45)12-6-5-7-13-37(46)41-33-11-9-8-10-32(33)39)16-19-34(29)49-35(26)24-42(3)23-28-14-17-31(48-4)18-15-28/h8-11,14-20,26-27,35,44H,5-7,12-13,21-25,39H2,1-4H3,(H,40,45)(H,41,46)/t26-,27-,35-/m1/s1. The topological polar surface area (TPSA) is 146 Å². The second kappa shape index (κ2) is 18.2. The van der Waals surface area contributed by atoms with Gasteiger partial charge in [-0.1, -0.05) is 37.6 Å². The Morgan fingerprint density at radius 1 is 1.04 bits per heavy atom. The molecular formula is C38H51N5O6. The van der Waals surface area contributed by atoms with Crippen LogP contribution in [0.2, 0.25) is 0 Å². The average Bonchev–Trinajstić information content (AvgIpc) is 3.12. The van der Waals surface area contributed by atoms with Crippen LogP contribution in [0.4, 0.5) is 17.1 Å². The van der Waals surface area contributed by atoms with Crippen LogP contribution in [0.5, 0.6) is 11.5 Å². The highest BCUT2D eigenvalue weighted by Crippen LogP contribution is 2.30. The van der Waals surface area contributed by atoms with Crippen LogP contribution in [-0.4, -0.2) is 78.6 Å². The minimum Gasteiger partial charge on any atom is -0.497 e. The zero-order valence-electron chi connectivity index (χ0n) is 29.1. The lowest BCUT2D eigenvalue weighted by Gasteiger charge is -2.34. The number of likely N-dealkylation sites (N-methyl/N-ethyl adjacent to an activating group) is 1. The molecule has 0 bridgehead atoms. The van der Waals surface area contributed by atoms with Crippen molar-refractivity contribution in [1.29, 1.82) is 0 Å². The van der Waals surface area contributed by atoms with E-state index in [0.717, 1.165) is 17.7 Å². The first-order valence-corrected chi connectivity index (χ1v) is 17.0. The maximum absolute atomic E-state index is 13.6. The van der Waals surface area contributed by atoms with Crippen molar-refractivity contribution in [3.05, 3.63) is 77.9 Å². The van der Waals surface area contributed by atoms with E-state index < -0.39 is 0 Å². The van der Waals surface area contributed by atoms with E-state index in [2.05, 4.69) is 22.5 Å². The van der Waals surface area contributed by atoms with E-state index in [9.17, 15) is 19.5 Å². The van der Waals surface area contributed by atoms with Crippen LogP contribution in [0.15, 0.2) is 66.7 Å². The van der Waals surface area contributed by atoms with Gasteiger partial charge in [0.2, 0.25) is 17.7 Å². The van der Waals surface area contributed by atoms with Crippen molar-refractivity contribution < 1.29 is 29.0 Å². The third-order valence-corrected chi connectivity index (χ3v) is 8.85. The first kappa shape index (κ1) is 37.2. The first-order chi connectivity index (χ1) is 23.6. The number of aliphatic hydroxyl groups excluding tert-OH is 1. The number of nitrogens with one attached hydrogen (secondary N) is 2. The number of methoxy groups -OCH3 is 1. The molecule has 1 heterocycles. The lowest BCUT2D eigenvalue weighted by molar-refractivity contribution is -0.134. The minimum absolute atomic E-state index is 0.0239. The van der Waals surface area contributed by atoms with Crippen molar-refractivity contribution in [2.45, 2.75) is 71.1 Å². The van der Waals surface area contributed by atoms with E-state index in [1.165, 1.54) is 0 Å². The number of amides is 3. The third kappa shape index (κ3) is 11.2. The van der Waals surface area contributed by atoms with Gasteiger partial charge in [-0.3, -0.25) is 19.3 Å². The largest absolute Gasteiger partial charge is 0.497 e. The molecule has 0 spiro atoms. The van der Waals surface area contributed by atoms with Crippen molar-refractivity contribution in [3.63, 3.8) is 0 Å². The third-order valence-electron chi connectivity index (χ3n) is 8.85. The molecule has 0 saturated carbocycles. The summed E-state index contributed by atoms with van der Waals surface area (Å²) in [4.78, 5) is 42.6. The number of ether oxygens (including phenoxy) is 2. The van der Waals surface area contributed by atoms with Crippen LogP contribution in [0.3, 0.4) is 0 Å². The van der Waals surface area contributed by atoms with Gasteiger partial charge < -0.3 is 35.8 Å². The number of nitrogens with zero attached hydrogens (tertiary/aromatic N) is 2. The average molecular weight is 674 g/mol. The zero-order chi connectivity index (χ0) is 35.3. The fraction of sp³-hybridized carbons (Fsp3) is 0.447. The number of carbonyl (C=O) groups excluding carboxylic acids is 3. The van der Waals surface area contributed by atoms with Gasteiger partial charge in [-0.25, -0.2) is 0 Å². The monoisotopic (exact) mass is 673 g/mol. The highest BCUT2D eigenvalue weighted by atomic mass is 16.5. The number of fused-ring (bicyclic) bond motifs is 1. The van der Waals surface area contributed by atoms with E-state index in [4.69, 9.17) is 15.2 Å². The highest BCUT2D eigenvalue weighted by molar-refractivity contribution is 5.94. The number of nitrogen functional groups attached to an aromatic ring is 1. The number of unbranched alkanes of at least 4 members (excludes halogenated alkanes) is 2. The number of para-hydroxylation sites is 2. The molecule has 0 aromatic heterocycles. The Morgan fingerprint density at radius 2 is 1.73 bits per heavy atom. The smallest absolute Gasteiger partial charge is 0.227 e. The molecule has 264 valence electrons. The second-order valence-electron chi connectivity index (χ2n) is 13.0. The molecule has 0 radical (unpaired) electrons. The summed E-state index contributed by atoms with van der Waals surface area (Å²) in [6, 6.07) is 20.2. The van der Waals surface area contributed by atoms with Gasteiger partial charge in [0, 0.05) is 49.6 Å². The molecular weight excluding hydrogens is 622 g/mol. The van der Waals surface area contributed by atoms with E-state index >= 15 is 0 Å². The number of anilines is 3. The maximum atomic E-state index is 13.6. The van der Waals surface area contributed by atoms with Crippen LogP contribution in [0.1, 0.15) is 57.1 Å². The summed E-state index contributed by atoms with van der Waals surface area (Å²) in [5, 5.41) is 15.7. The van der Waals surface area contributed by atoms with Gasteiger partial charge in [-0.2, -0.15) is 0 Å². The Bertz CT molecular complexity index is 1550. The van der Waals surface area contributed by atoms with Crippen LogP contribution < -0.4 is 25.8 Å². The van der Waals surface area contributed by atoms with Crippen LogP contribution in [-0.2, 0) is 27.3 Å². The minimum atomic E-state index is -0.348. The Morgan fingerprint density at radius 3 is 2.41 bits per heavy atom. The molecule has 1 aliphatic heterocycles. The van der Waals surface area contributed by atoms with Crippen LogP contribution in [0.25, 0.3) is 0 Å². The molecule has 3 aromatic carbocycles. The molecule has 3 atom stereocenters. The van der Waals surface area contributed by atoms with Gasteiger partial charge in [-0.05, 0) is 74.8 Å². The predicted molar refractivity (Wildman–Crippen MR) is 193 cm³/mol. The normalized spacial score (nSPS) is 16.9. The number of rotatable bonds is 15. The number of hydrogen-bond acceptors (Lipinski definition) is 8. The molecule has 0 aliphatic carbocycles. The van der Waals surface area contributed by atoms with Gasteiger partial charge in [-0.15, -0.1) is 0 Å². The summed E-state index contributed by atoms with van der Waals surface area (Å²) in [5.41, 5.74) is 9.42. The molecule has 0 saturated heterocycles. The summed E-state index contributed by atoms with van der Waals surface area (Å²) < 4.78 is 11.9. The Hall–Kier alpha value is -4.61. The van der Waals surface area contributed by atoms with Crippen molar-refractivity contribution >= 4 is 34.8 Å². The predicted octanol–water partition coefficient (Wildman–Crippen LogP) is 5.09. The van der Waals surface area contributed by atoms with Gasteiger partial charge in [0.15, 0.2) is 0 Å². The molecule has 3 aromatic rings. The molecule has 3 amide bonds. The van der Waals surface area contributed by atoms with Gasteiger partial charge >= 0.3 is 0 Å². The fourth-order valence-corrected chi connectivity index (χ4v) is 5.93. The number of aliphatic hydroxyl groups is 1. The summed E-state index contributed by atoms with van der Waals surface area (Å²) in [6.07, 6.45) is 2.51. The number of carbonyl (C=O) groups is 3. The van der Waals surface area contributed by atoms with Gasteiger partial charge in [0.05, 0.1) is 37.6 Å². The summed E-state index contributed by atoms with van der Waals surface area (Å²) in [7, 11) is 3.69. The van der Waals surface area contributed by atoms with E-state index in [-0.39, 0.29) is 48.8 Å². The van der Waals surface area contributed by atoms with Crippen molar-refractivity contribution in [2.24, 2.45) is 5.92 Å². The fourth-order valence-electron chi connectivity index (χ4n) is 5.93. The van der Waals surface area contributed by atoms with Gasteiger partial charge in [0.25, 0.3) is 0 Å². The molecule has 0 unspecified atom stereocenters. The number of hydrogen-bond donors (Lipinski definition) is 4. The van der Waals surface area contributed by atoms with Gasteiger partial charge in [0.1, 0.15) is 17.6 Å². The molecule has 11 heteroatoms. The summed E-state index contributed by atoms with van der Waals surface area (Å²) in [6.45, 7) is 5.54. The van der Waals surface area contributed by atoms with Crippen LogP contribution >= 0.6 is 0 Å². The lowest BCUT2D eigenvalue weighted by atomic mass is 10.0. The molecule has 0 fully saturated rings.